The smallest absolute Gasteiger partial charge is 0.248 e. The maximum absolute atomic E-state index is 11.5. The highest BCUT2D eigenvalue weighted by molar-refractivity contribution is 5.77. The van der Waals surface area contributed by atoms with Crippen LogP contribution in [0.4, 0.5) is 0 Å². The molecule has 0 heterocycles. The number of carbonyl (C=O) groups excluding carboxylic acids is 1. The number of methoxy groups -OCH3 is 1. The largest absolute Gasteiger partial charge is 0.395 e. The van der Waals surface area contributed by atoms with Gasteiger partial charge in [0.2, 0.25) is 5.91 Å². The highest BCUT2D eigenvalue weighted by atomic mass is 16.5. The Morgan fingerprint density at radius 1 is 1.40 bits per heavy atom. The third kappa shape index (κ3) is 7.26. The lowest BCUT2D eigenvalue weighted by Crippen LogP contribution is -2.38. The molecule has 0 aromatic rings. The van der Waals surface area contributed by atoms with Crippen LogP contribution in [0.1, 0.15) is 0 Å². The molecule has 6 heteroatoms. The van der Waals surface area contributed by atoms with Crippen LogP contribution in [0.2, 0.25) is 0 Å². The Balaban J connectivity index is 3.81. The number of amides is 1. The standard InChI is InChI=1S/C9H20N2O4/c1-14-7-4-11(3-5-12)9(13)8-15-6-2-10/h12H,2-8,10H2,1H3. The van der Waals surface area contributed by atoms with Gasteiger partial charge in [-0.05, 0) is 0 Å². The molecule has 0 saturated heterocycles. The van der Waals surface area contributed by atoms with E-state index in [-0.39, 0.29) is 19.1 Å². The fraction of sp³-hybridized carbons (Fsp3) is 0.889. The van der Waals surface area contributed by atoms with E-state index < -0.39 is 0 Å². The SMILES string of the molecule is COCCN(CCO)C(=O)COCCN. The molecule has 0 bridgehead atoms. The fourth-order valence-corrected chi connectivity index (χ4v) is 1.02. The number of aliphatic hydroxyl groups excluding tert-OH is 1. The van der Waals surface area contributed by atoms with Crippen molar-refractivity contribution in [3.63, 3.8) is 0 Å². The van der Waals surface area contributed by atoms with Gasteiger partial charge in [-0.25, -0.2) is 0 Å². The van der Waals surface area contributed by atoms with E-state index in [9.17, 15) is 4.79 Å². The molecule has 0 spiro atoms. The summed E-state index contributed by atoms with van der Waals surface area (Å²) < 4.78 is 9.87. The van der Waals surface area contributed by atoms with Gasteiger partial charge in [-0.1, -0.05) is 0 Å². The topological polar surface area (TPSA) is 85.0 Å². The molecule has 0 aliphatic heterocycles. The molecule has 15 heavy (non-hydrogen) atoms. The summed E-state index contributed by atoms with van der Waals surface area (Å²) in [5, 5.41) is 8.76. The maximum Gasteiger partial charge on any atom is 0.248 e. The van der Waals surface area contributed by atoms with Crippen molar-refractivity contribution >= 4 is 5.91 Å². The molecule has 0 aliphatic rings. The van der Waals surface area contributed by atoms with Crippen LogP contribution in [0.15, 0.2) is 0 Å². The summed E-state index contributed by atoms with van der Waals surface area (Å²) in [6.07, 6.45) is 0. The van der Waals surface area contributed by atoms with E-state index in [1.165, 1.54) is 4.90 Å². The average molecular weight is 220 g/mol. The van der Waals surface area contributed by atoms with Crippen molar-refractivity contribution in [2.45, 2.75) is 0 Å². The number of nitrogens with two attached hydrogens (primary N) is 1. The molecule has 0 aromatic heterocycles. The lowest BCUT2D eigenvalue weighted by atomic mass is 10.4. The van der Waals surface area contributed by atoms with Gasteiger partial charge in [-0.15, -0.1) is 0 Å². The quantitative estimate of drug-likeness (QED) is 0.458. The zero-order valence-electron chi connectivity index (χ0n) is 9.15. The normalized spacial score (nSPS) is 10.3. The van der Waals surface area contributed by atoms with Crippen LogP contribution < -0.4 is 5.73 Å². The van der Waals surface area contributed by atoms with E-state index in [2.05, 4.69) is 0 Å². The molecule has 6 nitrogen and oxygen atoms in total. The van der Waals surface area contributed by atoms with Crippen molar-refractivity contribution in [1.29, 1.82) is 0 Å². The molecule has 0 unspecified atom stereocenters. The van der Waals surface area contributed by atoms with Gasteiger partial charge in [0.05, 0.1) is 19.8 Å². The van der Waals surface area contributed by atoms with Crippen LogP contribution in [0, 0.1) is 0 Å². The first-order valence-corrected chi connectivity index (χ1v) is 4.91. The molecular weight excluding hydrogens is 200 g/mol. The third-order valence-corrected chi connectivity index (χ3v) is 1.78. The Kier molecular flexibility index (Phi) is 9.40. The molecule has 0 atom stereocenters. The second-order valence-corrected chi connectivity index (χ2v) is 2.94. The number of hydrogen-bond acceptors (Lipinski definition) is 5. The highest BCUT2D eigenvalue weighted by Gasteiger charge is 2.12. The molecule has 90 valence electrons. The molecule has 0 rings (SSSR count). The molecule has 0 aromatic carbocycles. The number of nitrogens with zero attached hydrogens (tertiary/aromatic N) is 1. The van der Waals surface area contributed by atoms with Crippen molar-refractivity contribution in [3.05, 3.63) is 0 Å². The van der Waals surface area contributed by atoms with Crippen molar-refractivity contribution in [1.82, 2.24) is 4.90 Å². The third-order valence-electron chi connectivity index (χ3n) is 1.78. The van der Waals surface area contributed by atoms with Crippen LogP contribution >= 0.6 is 0 Å². The van der Waals surface area contributed by atoms with E-state index in [0.717, 1.165) is 0 Å². The number of hydrogen-bond donors (Lipinski definition) is 2. The Morgan fingerprint density at radius 2 is 2.13 bits per heavy atom. The van der Waals surface area contributed by atoms with Crippen LogP contribution in [0.5, 0.6) is 0 Å². The minimum absolute atomic E-state index is 0.000907. The number of carbonyl (C=O) groups is 1. The summed E-state index contributed by atoms with van der Waals surface area (Å²) in [6, 6.07) is 0. The first-order chi connectivity index (χ1) is 7.26. The first kappa shape index (κ1) is 14.3. The van der Waals surface area contributed by atoms with Gasteiger partial charge in [0, 0.05) is 26.7 Å². The van der Waals surface area contributed by atoms with Crippen LogP contribution in [-0.4, -0.2) is 69.1 Å². The van der Waals surface area contributed by atoms with E-state index >= 15 is 0 Å². The second-order valence-electron chi connectivity index (χ2n) is 2.94. The lowest BCUT2D eigenvalue weighted by molar-refractivity contribution is -0.137. The molecular formula is C9H20N2O4. The van der Waals surface area contributed by atoms with Gasteiger partial charge in [-0.3, -0.25) is 4.79 Å². The van der Waals surface area contributed by atoms with E-state index in [1.54, 1.807) is 7.11 Å². The summed E-state index contributed by atoms with van der Waals surface area (Å²) in [5.41, 5.74) is 5.22. The zero-order valence-corrected chi connectivity index (χ0v) is 9.15. The van der Waals surface area contributed by atoms with Gasteiger partial charge in [0.15, 0.2) is 0 Å². The van der Waals surface area contributed by atoms with E-state index in [1.807, 2.05) is 0 Å². The Labute approximate surface area is 89.9 Å². The fourth-order valence-electron chi connectivity index (χ4n) is 1.02. The van der Waals surface area contributed by atoms with Crippen molar-refractivity contribution in [2.24, 2.45) is 5.73 Å². The number of rotatable bonds is 9. The summed E-state index contributed by atoms with van der Waals surface area (Å²) in [4.78, 5) is 13.0. The molecule has 1 amide bonds. The summed E-state index contributed by atoms with van der Waals surface area (Å²) in [6.45, 7) is 1.90. The summed E-state index contributed by atoms with van der Waals surface area (Å²) in [7, 11) is 1.56. The monoisotopic (exact) mass is 220 g/mol. The second kappa shape index (κ2) is 9.85. The van der Waals surface area contributed by atoms with Gasteiger partial charge in [-0.2, -0.15) is 0 Å². The summed E-state index contributed by atoms with van der Waals surface area (Å²) >= 11 is 0. The van der Waals surface area contributed by atoms with Gasteiger partial charge in [0.25, 0.3) is 0 Å². The molecule has 3 N–H and O–H groups in total. The first-order valence-electron chi connectivity index (χ1n) is 4.91. The lowest BCUT2D eigenvalue weighted by Gasteiger charge is -2.21. The van der Waals surface area contributed by atoms with E-state index in [4.69, 9.17) is 20.3 Å². The minimum Gasteiger partial charge on any atom is -0.395 e. The maximum atomic E-state index is 11.5. The van der Waals surface area contributed by atoms with Gasteiger partial charge < -0.3 is 25.2 Å². The van der Waals surface area contributed by atoms with Gasteiger partial charge >= 0.3 is 0 Å². The molecule has 0 fully saturated rings. The zero-order chi connectivity index (χ0) is 11.5. The van der Waals surface area contributed by atoms with Crippen LogP contribution in [0.25, 0.3) is 0 Å². The Bertz CT molecular complexity index is 166. The molecule has 0 saturated carbocycles. The van der Waals surface area contributed by atoms with Crippen molar-refractivity contribution in [3.8, 4) is 0 Å². The van der Waals surface area contributed by atoms with Crippen LogP contribution in [0.3, 0.4) is 0 Å². The van der Waals surface area contributed by atoms with E-state index in [0.29, 0.717) is 32.8 Å². The van der Waals surface area contributed by atoms with Crippen LogP contribution in [-0.2, 0) is 14.3 Å². The molecule has 0 radical (unpaired) electrons. The average Bonchev–Trinajstić information content (AvgIpc) is 2.24. The van der Waals surface area contributed by atoms with Crippen molar-refractivity contribution in [2.75, 3.05) is 53.2 Å². The predicted octanol–water partition coefficient (Wildman–Crippen LogP) is -1.57. The minimum atomic E-state index is -0.158. The van der Waals surface area contributed by atoms with Gasteiger partial charge in [0.1, 0.15) is 6.61 Å². The van der Waals surface area contributed by atoms with Crippen molar-refractivity contribution < 1.29 is 19.4 Å². The predicted molar refractivity (Wildman–Crippen MR) is 55.4 cm³/mol. The molecule has 0 aliphatic carbocycles. The number of ether oxygens (including phenoxy) is 2. The summed E-state index contributed by atoms with van der Waals surface area (Å²) in [5.74, 6) is -0.158. The Hall–Kier alpha value is -0.690. The number of aliphatic hydroxyl groups is 1. The Morgan fingerprint density at radius 3 is 2.67 bits per heavy atom. The highest BCUT2D eigenvalue weighted by Crippen LogP contribution is 1.91.